The van der Waals surface area contributed by atoms with Crippen molar-refractivity contribution < 1.29 is 4.42 Å². The SMILES string of the molecule is O=c1[nH]nc(SCc2ncc(-c3cccc(Cl)c3)o2)n1C1CC1. The number of oxazole rings is 1. The standard InChI is InChI=1S/C15H13ClN4O2S/c16-10-3-1-2-9(6-10)12-7-17-13(22-12)8-23-15-19-18-14(21)20(15)11-4-5-11/h1-3,6-7,11H,4-5,8H2,(H,18,21). The molecule has 1 aromatic carbocycles. The van der Waals surface area contributed by atoms with Gasteiger partial charge in [0.05, 0.1) is 11.9 Å². The molecule has 0 saturated heterocycles. The Hall–Kier alpha value is -1.99. The number of nitrogens with one attached hydrogen (secondary N) is 1. The first-order valence-electron chi connectivity index (χ1n) is 7.21. The highest BCUT2D eigenvalue weighted by atomic mass is 35.5. The van der Waals surface area contributed by atoms with Crippen molar-refractivity contribution in [1.29, 1.82) is 0 Å². The van der Waals surface area contributed by atoms with Crippen LogP contribution in [0.5, 0.6) is 0 Å². The van der Waals surface area contributed by atoms with Crippen molar-refractivity contribution >= 4 is 23.4 Å². The molecule has 6 nitrogen and oxygen atoms in total. The maximum atomic E-state index is 11.7. The van der Waals surface area contributed by atoms with Gasteiger partial charge in [0.2, 0.25) is 5.89 Å². The summed E-state index contributed by atoms with van der Waals surface area (Å²) in [6.45, 7) is 0. The van der Waals surface area contributed by atoms with Crippen LogP contribution in [-0.4, -0.2) is 19.7 Å². The van der Waals surface area contributed by atoms with Gasteiger partial charge in [-0.15, -0.1) is 5.10 Å². The van der Waals surface area contributed by atoms with E-state index in [0.29, 0.717) is 27.6 Å². The molecule has 0 spiro atoms. The first-order chi connectivity index (χ1) is 11.2. The zero-order chi connectivity index (χ0) is 15.8. The van der Waals surface area contributed by atoms with E-state index in [2.05, 4.69) is 15.2 Å². The van der Waals surface area contributed by atoms with Gasteiger partial charge in [0.1, 0.15) is 0 Å². The minimum Gasteiger partial charge on any atom is -0.440 e. The van der Waals surface area contributed by atoms with E-state index in [1.165, 1.54) is 11.8 Å². The Morgan fingerprint density at radius 2 is 2.30 bits per heavy atom. The Balaban J connectivity index is 1.49. The summed E-state index contributed by atoms with van der Waals surface area (Å²) < 4.78 is 7.47. The van der Waals surface area contributed by atoms with E-state index in [4.69, 9.17) is 16.0 Å². The molecular formula is C15H13ClN4O2S. The van der Waals surface area contributed by atoms with Crippen LogP contribution in [0.25, 0.3) is 11.3 Å². The van der Waals surface area contributed by atoms with E-state index in [-0.39, 0.29) is 11.7 Å². The number of halogens is 1. The summed E-state index contributed by atoms with van der Waals surface area (Å²) in [6.07, 6.45) is 3.75. The summed E-state index contributed by atoms with van der Waals surface area (Å²) in [5, 5.41) is 7.91. The van der Waals surface area contributed by atoms with E-state index in [0.717, 1.165) is 18.4 Å². The molecule has 0 atom stereocenters. The summed E-state index contributed by atoms with van der Waals surface area (Å²) in [5.41, 5.74) is 0.734. The van der Waals surface area contributed by atoms with Crippen molar-refractivity contribution in [2.45, 2.75) is 29.8 Å². The van der Waals surface area contributed by atoms with E-state index in [1.807, 2.05) is 24.3 Å². The minimum absolute atomic E-state index is 0.151. The third kappa shape index (κ3) is 3.07. The molecule has 1 N–H and O–H groups in total. The lowest BCUT2D eigenvalue weighted by atomic mass is 10.2. The molecule has 0 radical (unpaired) electrons. The zero-order valence-corrected chi connectivity index (χ0v) is 13.6. The number of thioether (sulfide) groups is 1. The molecule has 1 aliphatic rings. The maximum Gasteiger partial charge on any atom is 0.344 e. The third-order valence-corrected chi connectivity index (χ3v) is 4.74. The van der Waals surface area contributed by atoms with Crippen molar-refractivity contribution in [3.63, 3.8) is 0 Å². The van der Waals surface area contributed by atoms with Gasteiger partial charge in [-0.2, -0.15) is 0 Å². The molecule has 0 bridgehead atoms. The van der Waals surface area contributed by atoms with Gasteiger partial charge in [-0.3, -0.25) is 4.57 Å². The van der Waals surface area contributed by atoms with Crippen LogP contribution in [0.15, 0.2) is 44.8 Å². The van der Waals surface area contributed by atoms with Crippen LogP contribution in [-0.2, 0) is 5.75 Å². The van der Waals surface area contributed by atoms with Crippen molar-refractivity contribution in [1.82, 2.24) is 19.7 Å². The number of rotatable bonds is 5. The van der Waals surface area contributed by atoms with Gasteiger partial charge in [0.15, 0.2) is 10.9 Å². The second kappa shape index (κ2) is 5.90. The Bertz CT molecular complexity index is 897. The van der Waals surface area contributed by atoms with Crippen LogP contribution in [0, 0.1) is 0 Å². The quantitative estimate of drug-likeness (QED) is 0.714. The van der Waals surface area contributed by atoms with Crippen LogP contribution in [0.4, 0.5) is 0 Å². The Kier molecular flexibility index (Phi) is 3.74. The van der Waals surface area contributed by atoms with Gasteiger partial charge >= 0.3 is 5.69 Å². The summed E-state index contributed by atoms with van der Waals surface area (Å²) in [6, 6.07) is 7.72. The highest BCUT2D eigenvalue weighted by Gasteiger charge is 2.28. The van der Waals surface area contributed by atoms with E-state index in [9.17, 15) is 4.79 Å². The minimum atomic E-state index is -0.151. The first-order valence-corrected chi connectivity index (χ1v) is 8.57. The Morgan fingerprint density at radius 3 is 3.09 bits per heavy atom. The fraction of sp³-hybridized carbons (Fsp3) is 0.267. The summed E-state index contributed by atoms with van der Waals surface area (Å²) >= 11 is 7.43. The van der Waals surface area contributed by atoms with E-state index in [1.54, 1.807) is 10.8 Å². The Labute approximate surface area is 140 Å². The molecular weight excluding hydrogens is 336 g/mol. The summed E-state index contributed by atoms with van der Waals surface area (Å²) in [7, 11) is 0. The number of hydrogen-bond acceptors (Lipinski definition) is 5. The third-order valence-electron chi connectivity index (χ3n) is 3.57. The average Bonchev–Trinajstić information content (AvgIpc) is 3.14. The molecule has 1 fully saturated rings. The van der Waals surface area contributed by atoms with Crippen LogP contribution < -0.4 is 5.69 Å². The summed E-state index contributed by atoms with van der Waals surface area (Å²) in [5.74, 6) is 1.77. The molecule has 2 aromatic heterocycles. The molecule has 1 saturated carbocycles. The molecule has 3 aromatic rings. The number of benzene rings is 1. The zero-order valence-electron chi connectivity index (χ0n) is 12.0. The number of H-pyrrole nitrogens is 1. The van der Waals surface area contributed by atoms with Crippen molar-refractivity contribution in [2.75, 3.05) is 0 Å². The normalized spacial score (nSPS) is 14.3. The van der Waals surface area contributed by atoms with Gasteiger partial charge in [0.25, 0.3) is 0 Å². The van der Waals surface area contributed by atoms with Crippen molar-refractivity contribution in [2.24, 2.45) is 0 Å². The van der Waals surface area contributed by atoms with Crippen LogP contribution in [0.2, 0.25) is 5.02 Å². The second-order valence-corrected chi connectivity index (χ2v) is 6.71. The maximum absolute atomic E-state index is 11.7. The smallest absolute Gasteiger partial charge is 0.344 e. The second-order valence-electron chi connectivity index (χ2n) is 5.33. The molecule has 4 rings (SSSR count). The topological polar surface area (TPSA) is 76.7 Å². The lowest BCUT2D eigenvalue weighted by molar-refractivity contribution is 0.529. The molecule has 118 valence electrons. The van der Waals surface area contributed by atoms with E-state index < -0.39 is 0 Å². The van der Waals surface area contributed by atoms with Crippen LogP contribution >= 0.6 is 23.4 Å². The molecule has 0 amide bonds. The molecule has 2 heterocycles. The van der Waals surface area contributed by atoms with Gasteiger partial charge < -0.3 is 4.42 Å². The molecule has 0 unspecified atom stereocenters. The highest BCUT2D eigenvalue weighted by Crippen LogP contribution is 2.36. The fourth-order valence-corrected chi connectivity index (χ4v) is 3.38. The molecule has 1 aliphatic carbocycles. The van der Waals surface area contributed by atoms with Gasteiger partial charge in [-0.1, -0.05) is 35.5 Å². The number of hydrogen-bond donors (Lipinski definition) is 1. The molecule has 0 aliphatic heterocycles. The van der Waals surface area contributed by atoms with E-state index >= 15 is 0 Å². The number of nitrogens with zero attached hydrogens (tertiary/aromatic N) is 3. The van der Waals surface area contributed by atoms with Crippen molar-refractivity contribution in [3.05, 3.63) is 51.9 Å². The highest BCUT2D eigenvalue weighted by molar-refractivity contribution is 7.98. The van der Waals surface area contributed by atoms with Crippen LogP contribution in [0.1, 0.15) is 24.8 Å². The van der Waals surface area contributed by atoms with Gasteiger partial charge in [0, 0.05) is 16.6 Å². The first kappa shape index (κ1) is 14.6. The predicted molar refractivity (Wildman–Crippen MR) is 87.6 cm³/mol. The monoisotopic (exact) mass is 348 g/mol. The lowest BCUT2D eigenvalue weighted by Gasteiger charge is -2.01. The summed E-state index contributed by atoms with van der Waals surface area (Å²) in [4.78, 5) is 16.0. The van der Waals surface area contributed by atoms with Gasteiger partial charge in [-0.05, 0) is 25.0 Å². The predicted octanol–water partition coefficient (Wildman–Crippen LogP) is 3.51. The fourth-order valence-electron chi connectivity index (χ4n) is 2.33. The Morgan fingerprint density at radius 1 is 1.43 bits per heavy atom. The average molecular weight is 349 g/mol. The van der Waals surface area contributed by atoms with Crippen LogP contribution in [0.3, 0.4) is 0 Å². The van der Waals surface area contributed by atoms with Gasteiger partial charge in [-0.25, -0.2) is 14.9 Å². The molecule has 8 heteroatoms. The molecule has 23 heavy (non-hydrogen) atoms. The lowest BCUT2D eigenvalue weighted by Crippen LogP contribution is -2.16. The van der Waals surface area contributed by atoms with Crippen molar-refractivity contribution in [3.8, 4) is 11.3 Å². The number of aromatic nitrogens is 4. The number of aromatic amines is 1. The largest absolute Gasteiger partial charge is 0.440 e.